The predicted octanol–water partition coefficient (Wildman–Crippen LogP) is 1.40. The molecule has 0 unspecified atom stereocenters. The van der Waals surface area contributed by atoms with Gasteiger partial charge in [0, 0.05) is 35.9 Å². The maximum atomic E-state index is 11.8. The second kappa shape index (κ2) is 5.97. The van der Waals surface area contributed by atoms with Crippen LogP contribution in [0.15, 0.2) is 30.5 Å². The first kappa shape index (κ1) is 13.6. The van der Waals surface area contributed by atoms with Crippen LogP contribution in [0.25, 0.3) is 10.9 Å². The van der Waals surface area contributed by atoms with Crippen molar-refractivity contribution in [3.05, 3.63) is 30.5 Å². The van der Waals surface area contributed by atoms with Crippen LogP contribution in [-0.2, 0) is 14.3 Å². The largest absolute Gasteiger partial charge is 0.376 e. The van der Waals surface area contributed by atoms with Gasteiger partial charge in [0.25, 0.3) is 0 Å². The van der Waals surface area contributed by atoms with Gasteiger partial charge in [-0.2, -0.15) is 0 Å². The molecule has 6 nitrogen and oxygen atoms in total. The molecule has 0 radical (unpaired) electrons. The van der Waals surface area contributed by atoms with E-state index in [0.29, 0.717) is 12.2 Å². The first-order chi connectivity index (χ1) is 10.2. The molecule has 1 saturated heterocycles. The van der Waals surface area contributed by atoms with E-state index >= 15 is 0 Å². The molecular weight excluding hydrogens is 270 g/mol. The Morgan fingerprint density at radius 1 is 1.29 bits per heavy atom. The van der Waals surface area contributed by atoms with Crippen LogP contribution in [0.4, 0.5) is 5.69 Å². The Bertz CT molecular complexity index is 659. The monoisotopic (exact) mass is 287 g/mol. The Kier molecular flexibility index (Phi) is 3.87. The van der Waals surface area contributed by atoms with Crippen LogP contribution in [0, 0.1) is 0 Å². The number of H-pyrrole nitrogens is 1. The van der Waals surface area contributed by atoms with E-state index in [0.717, 1.165) is 30.4 Å². The van der Waals surface area contributed by atoms with Gasteiger partial charge in [0.05, 0.1) is 6.10 Å². The summed E-state index contributed by atoms with van der Waals surface area (Å²) in [6.07, 6.45) is 3.78. The number of ether oxygens (including phenoxy) is 1. The molecule has 0 aliphatic carbocycles. The molecule has 1 fully saturated rings. The maximum absolute atomic E-state index is 11.8. The SMILES string of the molecule is O=C(NC[C@@H]1CCCO1)C(=O)Nc1ccc2[nH]ccc2c1. The third kappa shape index (κ3) is 3.22. The molecule has 3 rings (SSSR count). The van der Waals surface area contributed by atoms with Crippen molar-refractivity contribution < 1.29 is 14.3 Å². The highest BCUT2D eigenvalue weighted by Gasteiger charge is 2.19. The lowest BCUT2D eigenvalue weighted by molar-refractivity contribution is -0.136. The highest BCUT2D eigenvalue weighted by Crippen LogP contribution is 2.17. The molecule has 0 saturated carbocycles. The van der Waals surface area contributed by atoms with E-state index in [-0.39, 0.29) is 6.10 Å². The van der Waals surface area contributed by atoms with Crippen LogP contribution < -0.4 is 10.6 Å². The van der Waals surface area contributed by atoms with Crippen LogP contribution in [0.1, 0.15) is 12.8 Å². The molecule has 2 heterocycles. The summed E-state index contributed by atoms with van der Waals surface area (Å²) >= 11 is 0. The molecule has 21 heavy (non-hydrogen) atoms. The van der Waals surface area contributed by atoms with Crippen molar-refractivity contribution in [1.82, 2.24) is 10.3 Å². The quantitative estimate of drug-likeness (QED) is 0.746. The molecule has 3 N–H and O–H groups in total. The molecule has 6 heteroatoms. The van der Waals surface area contributed by atoms with Gasteiger partial charge in [0.15, 0.2) is 0 Å². The summed E-state index contributed by atoms with van der Waals surface area (Å²) in [7, 11) is 0. The summed E-state index contributed by atoms with van der Waals surface area (Å²) in [5.41, 5.74) is 1.58. The summed E-state index contributed by atoms with van der Waals surface area (Å²) in [4.78, 5) is 26.6. The first-order valence-electron chi connectivity index (χ1n) is 7.00. The van der Waals surface area contributed by atoms with Crippen LogP contribution in [-0.4, -0.2) is 36.1 Å². The Morgan fingerprint density at radius 2 is 2.19 bits per heavy atom. The lowest BCUT2D eigenvalue weighted by Gasteiger charge is -2.10. The van der Waals surface area contributed by atoms with Gasteiger partial charge in [0.1, 0.15) is 0 Å². The van der Waals surface area contributed by atoms with E-state index in [1.54, 1.807) is 6.07 Å². The van der Waals surface area contributed by atoms with Gasteiger partial charge in [-0.15, -0.1) is 0 Å². The van der Waals surface area contributed by atoms with Crippen LogP contribution in [0.5, 0.6) is 0 Å². The van der Waals surface area contributed by atoms with Gasteiger partial charge in [-0.05, 0) is 37.1 Å². The summed E-state index contributed by atoms with van der Waals surface area (Å²) in [6, 6.07) is 7.33. The zero-order chi connectivity index (χ0) is 14.7. The highest BCUT2D eigenvalue weighted by molar-refractivity contribution is 6.39. The number of hydrogen-bond acceptors (Lipinski definition) is 3. The number of fused-ring (bicyclic) bond motifs is 1. The van der Waals surface area contributed by atoms with Crippen molar-refractivity contribution in [2.24, 2.45) is 0 Å². The summed E-state index contributed by atoms with van der Waals surface area (Å²) in [5, 5.41) is 6.17. The molecule has 110 valence electrons. The predicted molar refractivity (Wildman–Crippen MR) is 78.9 cm³/mol. The molecule has 1 aromatic carbocycles. The molecule has 2 aromatic rings. The fourth-order valence-electron chi connectivity index (χ4n) is 2.41. The minimum atomic E-state index is -0.664. The number of benzene rings is 1. The summed E-state index contributed by atoms with van der Waals surface area (Å²) in [6.45, 7) is 1.10. The van der Waals surface area contributed by atoms with Crippen molar-refractivity contribution in [3.63, 3.8) is 0 Å². The number of aromatic amines is 1. The summed E-state index contributed by atoms with van der Waals surface area (Å²) < 4.78 is 5.39. The number of hydrogen-bond donors (Lipinski definition) is 3. The molecule has 1 atom stereocenters. The number of carbonyl (C=O) groups excluding carboxylic acids is 2. The van der Waals surface area contributed by atoms with Crippen molar-refractivity contribution in [2.45, 2.75) is 18.9 Å². The van der Waals surface area contributed by atoms with Gasteiger partial charge in [-0.25, -0.2) is 0 Å². The van der Waals surface area contributed by atoms with Crippen LogP contribution >= 0.6 is 0 Å². The number of nitrogens with one attached hydrogen (secondary N) is 3. The number of aromatic nitrogens is 1. The molecule has 0 spiro atoms. The molecule has 0 bridgehead atoms. The van der Waals surface area contributed by atoms with Gasteiger partial charge in [-0.3, -0.25) is 9.59 Å². The lowest BCUT2D eigenvalue weighted by atomic mass is 10.2. The van der Waals surface area contributed by atoms with E-state index in [1.807, 2.05) is 24.4 Å². The van der Waals surface area contributed by atoms with Crippen LogP contribution in [0.2, 0.25) is 0 Å². The first-order valence-corrected chi connectivity index (χ1v) is 7.00. The number of rotatable bonds is 3. The molecule has 1 aromatic heterocycles. The highest BCUT2D eigenvalue weighted by atomic mass is 16.5. The Morgan fingerprint density at radius 3 is 3.00 bits per heavy atom. The molecule has 2 amide bonds. The number of carbonyl (C=O) groups is 2. The van der Waals surface area contributed by atoms with E-state index < -0.39 is 11.8 Å². The average Bonchev–Trinajstić information content (AvgIpc) is 3.15. The number of amides is 2. The Labute approximate surface area is 121 Å². The van der Waals surface area contributed by atoms with E-state index in [1.165, 1.54) is 0 Å². The zero-order valence-electron chi connectivity index (χ0n) is 11.5. The minimum absolute atomic E-state index is 0.0259. The maximum Gasteiger partial charge on any atom is 0.313 e. The lowest BCUT2D eigenvalue weighted by Crippen LogP contribution is -2.39. The van der Waals surface area contributed by atoms with Crippen molar-refractivity contribution in [2.75, 3.05) is 18.5 Å². The van der Waals surface area contributed by atoms with Crippen molar-refractivity contribution >= 4 is 28.4 Å². The fraction of sp³-hybridized carbons (Fsp3) is 0.333. The van der Waals surface area contributed by atoms with Crippen LogP contribution in [0.3, 0.4) is 0 Å². The van der Waals surface area contributed by atoms with E-state index in [9.17, 15) is 9.59 Å². The normalized spacial score (nSPS) is 17.8. The van der Waals surface area contributed by atoms with E-state index in [2.05, 4.69) is 15.6 Å². The van der Waals surface area contributed by atoms with Gasteiger partial charge in [-0.1, -0.05) is 0 Å². The van der Waals surface area contributed by atoms with Crippen molar-refractivity contribution in [3.8, 4) is 0 Å². The zero-order valence-corrected chi connectivity index (χ0v) is 11.5. The standard InChI is InChI=1S/C15H17N3O3/c19-14(17-9-12-2-1-7-21-12)15(20)18-11-3-4-13-10(8-11)5-6-16-13/h3-6,8,12,16H,1-2,7,9H2,(H,17,19)(H,18,20)/t12-/m0/s1. The Balaban J connectivity index is 1.55. The topological polar surface area (TPSA) is 83.2 Å². The molecular formula is C15H17N3O3. The average molecular weight is 287 g/mol. The molecule has 1 aliphatic rings. The minimum Gasteiger partial charge on any atom is -0.376 e. The van der Waals surface area contributed by atoms with E-state index in [4.69, 9.17) is 4.74 Å². The second-order valence-corrected chi connectivity index (χ2v) is 5.08. The fourth-order valence-corrected chi connectivity index (χ4v) is 2.41. The third-order valence-electron chi connectivity index (χ3n) is 3.53. The van der Waals surface area contributed by atoms with Gasteiger partial charge < -0.3 is 20.4 Å². The molecule has 1 aliphatic heterocycles. The second-order valence-electron chi connectivity index (χ2n) is 5.08. The number of anilines is 1. The third-order valence-corrected chi connectivity index (χ3v) is 3.53. The smallest absolute Gasteiger partial charge is 0.313 e. The van der Waals surface area contributed by atoms with Gasteiger partial charge in [0.2, 0.25) is 0 Å². The summed E-state index contributed by atoms with van der Waals surface area (Å²) in [5.74, 6) is -1.30. The van der Waals surface area contributed by atoms with Crippen molar-refractivity contribution in [1.29, 1.82) is 0 Å². The van der Waals surface area contributed by atoms with Gasteiger partial charge >= 0.3 is 11.8 Å². The Hall–Kier alpha value is -2.34.